The molecule has 118 valence electrons. The van der Waals surface area contributed by atoms with Crippen LogP contribution in [0.3, 0.4) is 0 Å². The third-order valence-electron chi connectivity index (χ3n) is 5.06. The van der Waals surface area contributed by atoms with Crippen LogP contribution in [0.5, 0.6) is 0 Å². The van der Waals surface area contributed by atoms with E-state index in [1.807, 2.05) is 18.2 Å². The molecule has 2 aliphatic heterocycles. The van der Waals surface area contributed by atoms with Gasteiger partial charge in [-0.2, -0.15) is 0 Å². The highest BCUT2D eigenvalue weighted by Crippen LogP contribution is 2.30. The lowest BCUT2D eigenvalue weighted by Gasteiger charge is -2.36. The molecule has 0 saturated carbocycles. The largest absolute Gasteiger partial charge is 0.393 e. The van der Waals surface area contributed by atoms with Gasteiger partial charge in [-0.3, -0.25) is 4.90 Å². The summed E-state index contributed by atoms with van der Waals surface area (Å²) in [5, 5.41) is 10.3. The summed E-state index contributed by atoms with van der Waals surface area (Å²) >= 11 is 0. The van der Waals surface area contributed by atoms with E-state index >= 15 is 0 Å². The molecule has 3 heterocycles. The number of nitrogens with zero attached hydrogens (tertiary/aromatic N) is 2. The van der Waals surface area contributed by atoms with Gasteiger partial charge in [-0.25, -0.2) is 4.98 Å². The topological polar surface area (TPSA) is 61.4 Å². The minimum absolute atomic E-state index is 0.227. The quantitative estimate of drug-likeness (QED) is 0.909. The van der Waals surface area contributed by atoms with E-state index in [-0.39, 0.29) is 12.0 Å². The van der Waals surface area contributed by atoms with E-state index in [1.54, 1.807) is 0 Å². The second-order valence-corrected chi connectivity index (χ2v) is 6.48. The molecule has 22 heavy (non-hydrogen) atoms. The lowest BCUT2D eigenvalue weighted by molar-refractivity contribution is -0.0638. The van der Waals surface area contributed by atoms with Crippen LogP contribution in [0, 0.1) is 5.92 Å². The van der Waals surface area contributed by atoms with Gasteiger partial charge in [-0.05, 0) is 37.9 Å². The van der Waals surface area contributed by atoms with Gasteiger partial charge in [0.25, 0.3) is 0 Å². The Morgan fingerprint density at radius 1 is 1.32 bits per heavy atom. The summed E-state index contributed by atoms with van der Waals surface area (Å²) in [7, 11) is 0. The lowest BCUT2D eigenvalue weighted by Crippen LogP contribution is -2.45. The van der Waals surface area contributed by atoms with E-state index in [2.05, 4.69) is 20.9 Å². The van der Waals surface area contributed by atoms with Crippen LogP contribution in [0.15, 0.2) is 24.3 Å². The third-order valence-corrected chi connectivity index (χ3v) is 5.06. The Morgan fingerprint density at radius 2 is 2.23 bits per heavy atom. The molecule has 0 aliphatic carbocycles. The third kappa shape index (κ3) is 2.64. The van der Waals surface area contributed by atoms with Crippen LogP contribution in [0.25, 0.3) is 11.0 Å². The van der Waals surface area contributed by atoms with Crippen LogP contribution in [-0.4, -0.2) is 51.9 Å². The molecule has 4 rings (SSSR count). The molecular weight excluding hydrogens is 278 g/mol. The highest BCUT2D eigenvalue weighted by atomic mass is 16.5. The molecule has 0 spiro atoms. The SMILES string of the molecule is O[C@@H]1CCOC[C@@H]1[C@H]1CCCN1Cc1nc2ccccc2[nH]1. The molecule has 5 nitrogen and oxygen atoms in total. The molecule has 5 heteroatoms. The summed E-state index contributed by atoms with van der Waals surface area (Å²) in [6.07, 6.45) is 2.87. The smallest absolute Gasteiger partial charge is 0.121 e. The van der Waals surface area contributed by atoms with Gasteiger partial charge in [-0.1, -0.05) is 12.1 Å². The number of hydrogen-bond acceptors (Lipinski definition) is 4. The van der Waals surface area contributed by atoms with Crippen molar-refractivity contribution in [2.24, 2.45) is 5.92 Å². The molecule has 0 bridgehead atoms. The Labute approximate surface area is 130 Å². The number of aliphatic hydroxyl groups excluding tert-OH is 1. The number of aliphatic hydroxyl groups is 1. The van der Waals surface area contributed by atoms with Gasteiger partial charge < -0.3 is 14.8 Å². The first-order valence-electron chi connectivity index (χ1n) is 8.25. The van der Waals surface area contributed by atoms with Gasteiger partial charge >= 0.3 is 0 Å². The molecule has 2 aliphatic rings. The minimum atomic E-state index is -0.227. The molecular formula is C17H23N3O2. The number of imidazole rings is 1. The van der Waals surface area contributed by atoms with E-state index in [4.69, 9.17) is 4.74 Å². The van der Waals surface area contributed by atoms with Crippen LogP contribution in [0.1, 0.15) is 25.1 Å². The predicted molar refractivity (Wildman–Crippen MR) is 84.5 cm³/mol. The van der Waals surface area contributed by atoms with Crippen LogP contribution in [0.4, 0.5) is 0 Å². The molecule has 2 aromatic rings. The van der Waals surface area contributed by atoms with Crippen molar-refractivity contribution in [2.45, 2.75) is 38.0 Å². The maximum absolute atomic E-state index is 10.3. The number of aromatic amines is 1. The first kappa shape index (κ1) is 14.2. The number of benzene rings is 1. The number of H-pyrrole nitrogens is 1. The Balaban J connectivity index is 1.51. The first-order chi connectivity index (χ1) is 10.8. The van der Waals surface area contributed by atoms with Crippen molar-refractivity contribution < 1.29 is 9.84 Å². The number of likely N-dealkylation sites (tertiary alicyclic amines) is 1. The molecule has 1 aromatic carbocycles. The maximum Gasteiger partial charge on any atom is 0.121 e. The van der Waals surface area contributed by atoms with E-state index in [0.717, 1.165) is 42.8 Å². The molecule has 2 saturated heterocycles. The van der Waals surface area contributed by atoms with Gasteiger partial charge in [0.15, 0.2) is 0 Å². The van der Waals surface area contributed by atoms with Crippen molar-refractivity contribution in [1.29, 1.82) is 0 Å². The minimum Gasteiger partial charge on any atom is -0.393 e. The van der Waals surface area contributed by atoms with Crippen LogP contribution < -0.4 is 0 Å². The number of nitrogens with one attached hydrogen (secondary N) is 1. The molecule has 0 unspecified atom stereocenters. The van der Waals surface area contributed by atoms with E-state index < -0.39 is 0 Å². The van der Waals surface area contributed by atoms with Crippen LogP contribution in [-0.2, 0) is 11.3 Å². The second-order valence-electron chi connectivity index (χ2n) is 6.48. The average Bonchev–Trinajstić information content (AvgIpc) is 3.14. The molecule has 0 radical (unpaired) electrons. The van der Waals surface area contributed by atoms with E-state index in [9.17, 15) is 5.11 Å². The zero-order valence-electron chi connectivity index (χ0n) is 12.7. The maximum atomic E-state index is 10.3. The van der Waals surface area contributed by atoms with Gasteiger partial charge in [0.2, 0.25) is 0 Å². The number of aromatic nitrogens is 2. The number of para-hydroxylation sites is 2. The summed E-state index contributed by atoms with van der Waals surface area (Å²) in [6.45, 7) is 3.27. The van der Waals surface area contributed by atoms with Gasteiger partial charge in [0.05, 0.1) is 30.3 Å². The number of ether oxygens (including phenoxy) is 1. The fourth-order valence-electron chi connectivity index (χ4n) is 3.92. The van der Waals surface area contributed by atoms with Gasteiger partial charge in [0, 0.05) is 18.6 Å². The van der Waals surface area contributed by atoms with E-state index in [1.165, 1.54) is 6.42 Å². The Morgan fingerprint density at radius 3 is 3.09 bits per heavy atom. The monoisotopic (exact) mass is 301 g/mol. The van der Waals surface area contributed by atoms with Crippen molar-refractivity contribution in [3.8, 4) is 0 Å². The Bertz CT molecular complexity index is 609. The van der Waals surface area contributed by atoms with Crippen molar-refractivity contribution in [3.05, 3.63) is 30.1 Å². The summed E-state index contributed by atoms with van der Waals surface area (Å²) in [5.41, 5.74) is 2.11. The van der Waals surface area contributed by atoms with Crippen molar-refractivity contribution in [2.75, 3.05) is 19.8 Å². The number of rotatable bonds is 3. The fourth-order valence-corrected chi connectivity index (χ4v) is 3.92. The normalized spacial score (nSPS) is 30.1. The Hall–Kier alpha value is -1.43. The van der Waals surface area contributed by atoms with Crippen molar-refractivity contribution >= 4 is 11.0 Å². The highest BCUT2D eigenvalue weighted by Gasteiger charge is 2.37. The molecule has 1 aromatic heterocycles. The van der Waals surface area contributed by atoms with Crippen molar-refractivity contribution in [3.63, 3.8) is 0 Å². The molecule has 3 atom stereocenters. The molecule has 2 N–H and O–H groups in total. The summed E-state index contributed by atoms with van der Waals surface area (Å²) in [4.78, 5) is 10.6. The second kappa shape index (κ2) is 5.99. The predicted octanol–water partition coefficient (Wildman–Crippen LogP) is 1.92. The summed E-state index contributed by atoms with van der Waals surface area (Å²) in [6, 6.07) is 8.55. The van der Waals surface area contributed by atoms with Crippen LogP contribution >= 0.6 is 0 Å². The summed E-state index contributed by atoms with van der Waals surface area (Å²) < 4.78 is 5.60. The number of hydrogen-bond donors (Lipinski definition) is 2. The zero-order valence-corrected chi connectivity index (χ0v) is 12.7. The highest BCUT2D eigenvalue weighted by molar-refractivity contribution is 5.74. The lowest BCUT2D eigenvalue weighted by atomic mass is 9.89. The Kier molecular flexibility index (Phi) is 3.86. The van der Waals surface area contributed by atoms with Gasteiger partial charge in [0.1, 0.15) is 5.82 Å². The standard InChI is InChI=1S/C17H23N3O2/c21-16-7-9-22-11-12(16)15-6-3-8-20(15)10-17-18-13-4-1-2-5-14(13)19-17/h1-2,4-5,12,15-16,21H,3,6-11H2,(H,18,19)/t12-,15-,16-/m1/s1. The van der Waals surface area contributed by atoms with Crippen LogP contribution in [0.2, 0.25) is 0 Å². The summed E-state index contributed by atoms with van der Waals surface area (Å²) in [5.74, 6) is 1.25. The first-order valence-corrected chi connectivity index (χ1v) is 8.25. The van der Waals surface area contributed by atoms with Crippen molar-refractivity contribution in [1.82, 2.24) is 14.9 Å². The molecule has 2 fully saturated rings. The average molecular weight is 301 g/mol. The fraction of sp³-hybridized carbons (Fsp3) is 0.588. The number of fused-ring (bicyclic) bond motifs is 1. The van der Waals surface area contributed by atoms with Gasteiger partial charge in [-0.15, -0.1) is 0 Å². The molecule has 0 amide bonds. The zero-order chi connectivity index (χ0) is 14.9. The van der Waals surface area contributed by atoms with E-state index in [0.29, 0.717) is 19.3 Å².